The summed E-state index contributed by atoms with van der Waals surface area (Å²) < 4.78 is 9.26. The minimum absolute atomic E-state index is 0.376. The van der Waals surface area contributed by atoms with Crippen molar-refractivity contribution in [3.8, 4) is 0 Å². The fourth-order valence-corrected chi connectivity index (χ4v) is 3.95. The van der Waals surface area contributed by atoms with E-state index in [0.29, 0.717) is 34.1 Å². The smallest absolute Gasteiger partial charge is 0.258 e. The highest BCUT2D eigenvalue weighted by Gasteiger charge is 2.49. The molecule has 1 aliphatic heterocycles. The Bertz CT molecular complexity index is 1660. The summed E-state index contributed by atoms with van der Waals surface area (Å²) in [5.41, 5.74) is -9.08. The highest BCUT2D eigenvalue weighted by atomic mass is 16.7. The fourth-order valence-electron chi connectivity index (χ4n) is 3.95. The van der Waals surface area contributed by atoms with Gasteiger partial charge in [-0.05, 0) is 20.6 Å². The van der Waals surface area contributed by atoms with E-state index in [-0.39, 0.29) is 0 Å². The van der Waals surface area contributed by atoms with Crippen molar-refractivity contribution in [2.45, 2.75) is 0 Å². The van der Waals surface area contributed by atoms with Gasteiger partial charge in [0.2, 0.25) is 34.6 Å². The van der Waals surface area contributed by atoms with Gasteiger partial charge in [-0.3, -0.25) is 70.5 Å². The number of nitrogens with zero attached hydrogens (tertiary/aromatic N) is 12. The zero-order chi connectivity index (χ0) is 30.6. The number of aromatic nitrogens is 4. The number of nitro groups is 6. The van der Waals surface area contributed by atoms with E-state index >= 15 is 0 Å². The van der Waals surface area contributed by atoms with Crippen LogP contribution in [0, 0.1) is 60.7 Å². The van der Waals surface area contributed by atoms with Crippen molar-refractivity contribution in [2.24, 2.45) is 0 Å². The lowest BCUT2D eigenvalue weighted by molar-refractivity contribution is -0.402. The SMILES string of the molecule is O=[N+]([O-])c1cc([N+](=O)[O-])c(N2c3nonc3N(c3c([N+](=O)[O-])cc([N+](=O)[O-])cc3[N+](=O)[O-])c3nonc32)c([N+](=O)[O-])c1. The Labute approximate surface area is 223 Å². The summed E-state index contributed by atoms with van der Waals surface area (Å²) in [6.45, 7) is 0. The normalized spacial score (nSPS) is 11.9. The van der Waals surface area contributed by atoms with Crippen LogP contribution in [0.25, 0.3) is 0 Å². The number of nitro benzene ring substituents is 6. The molecule has 26 heteroatoms. The highest BCUT2D eigenvalue weighted by Crippen LogP contribution is 2.58. The van der Waals surface area contributed by atoms with Crippen molar-refractivity contribution in [3.63, 3.8) is 0 Å². The van der Waals surface area contributed by atoms with Crippen LogP contribution in [0.3, 0.4) is 0 Å². The van der Waals surface area contributed by atoms with Gasteiger partial charge in [0.05, 0.1) is 53.8 Å². The molecule has 0 fully saturated rings. The summed E-state index contributed by atoms with van der Waals surface area (Å²) in [6, 6.07) is 1.50. The topological polar surface area (TPSA) is 343 Å². The maximum atomic E-state index is 11.9. The van der Waals surface area contributed by atoms with Gasteiger partial charge in [-0.1, -0.05) is 0 Å². The maximum absolute atomic E-state index is 11.9. The number of anilines is 6. The van der Waals surface area contributed by atoms with Crippen LogP contribution in [0.1, 0.15) is 0 Å². The number of non-ortho nitro benzene ring substituents is 2. The Balaban J connectivity index is 1.87. The van der Waals surface area contributed by atoms with Crippen molar-refractivity contribution >= 4 is 68.8 Å². The maximum Gasteiger partial charge on any atom is 0.307 e. The first kappa shape index (κ1) is 26.3. The summed E-state index contributed by atoms with van der Waals surface area (Å²) in [4.78, 5) is 64.2. The van der Waals surface area contributed by atoms with Gasteiger partial charge in [0, 0.05) is 0 Å². The first-order chi connectivity index (χ1) is 19.8. The molecular formula is C16H4N12O14. The summed E-state index contributed by atoms with van der Waals surface area (Å²) in [6.07, 6.45) is 0. The van der Waals surface area contributed by atoms with E-state index in [1.165, 1.54) is 0 Å². The van der Waals surface area contributed by atoms with Crippen molar-refractivity contribution in [3.05, 3.63) is 85.0 Å². The van der Waals surface area contributed by atoms with Crippen molar-refractivity contribution in [1.29, 1.82) is 0 Å². The zero-order valence-electron chi connectivity index (χ0n) is 19.4. The molecule has 0 radical (unpaired) electrons. The Morgan fingerprint density at radius 3 is 0.881 bits per heavy atom. The van der Waals surface area contributed by atoms with Crippen LogP contribution in [0.2, 0.25) is 0 Å². The third-order valence-electron chi connectivity index (χ3n) is 5.52. The Hall–Kier alpha value is -7.28. The Morgan fingerprint density at radius 2 is 0.690 bits per heavy atom. The second kappa shape index (κ2) is 9.18. The van der Waals surface area contributed by atoms with Gasteiger partial charge in [0.1, 0.15) is 0 Å². The van der Waals surface area contributed by atoms with Gasteiger partial charge in [0.25, 0.3) is 11.4 Å². The van der Waals surface area contributed by atoms with Gasteiger partial charge in [-0.15, -0.1) is 0 Å². The number of benzene rings is 2. The number of rotatable bonds is 8. The zero-order valence-corrected chi connectivity index (χ0v) is 19.4. The predicted octanol–water partition coefficient (Wildman–Crippen LogP) is 3.15. The first-order valence-electron chi connectivity index (χ1n) is 10.3. The summed E-state index contributed by atoms with van der Waals surface area (Å²) >= 11 is 0. The van der Waals surface area contributed by atoms with Crippen molar-refractivity contribution in [1.82, 2.24) is 20.6 Å². The molecule has 4 aromatic rings. The molecule has 212 valence electrons. The summed E-state index contributed by atoms with van der Waals surface area (Å²) in [7, 11) is 0. The predicted molar refractivity (Wildman–Crippen MR) is 125 cm³/mol. The van der Waals surface area contributed by atoms with Crippen LogP contribution in [0.5, 0.6) is 0 Å². The monoisotopic (exact) mass is 588 g/mol. The minimum Gasteiger partial charge on any atom is -0.258 e. The fraction of sp³-hybridized carbons (Fsp3) is 0. The molecule has 0 bridgehead atoms. The molecule has 1 aliphatic rings. The van der Waals surface area contributed by atoms with E-state index in [9.17, 15) is 60.7 Å². The van der Waals surface area contributed by atoms with E-state index in [4.69, 9.17) is 0 Å². The third kappa shape index (κ3) is 3.83. The van der Waals surface area contributed by atoms with E-state index in [1.807, 2.05) is 0 Å². The molecule has 42 heavy (non-hydrogen) atoms. The van der Waals surface area contributed by atoms with E-state index in [2.05, 4.69) is 29.9 Å². The van der Waals surface area contributed by atoms with Crippen molar-refractivity contribution < 1.29 is 38.8 Å². The van der Waals surface area contributed by atoms with E-state index in [1.54, 1.807) is 0 Å². The van der Waals surface area contributed by atoms with Crippen LogP contribution < -0.4 is 9.80 Å². The molecule has 5 rings (SSSR count). The molecule has 0 saturated carbocycles. The Morgan fingerprint density at radius 1 is 0.452 bits per heavy atom. The summed E-state index contributed by atoms with van der Waals surface area (Å²) in [5.74, 6) is -3.11. The molecule has 0 amide bonds. The lowest BCUT2D eigenvalue weighted by atomic mass is 10.1. The summed E-state index contributed by atoms with van der Waals surface area (Å²) in [5, 5.41) is 84.2. The van der Waals surface area contributed by atoms with E-state index < -0.39 is 98.3 Å². The Kier molecular flexibility index (Phi) is 5.75. The molecule has 0 unspecified atom stereocenters. The largest absolute Gasteiger partial charge is 0.307 e. The molecule has 0 N–H and O–H groups in total. The first-order valence-corrected chi connectivity index (χ1v) is 10.3. The van der Waals surface area contributed by atoms with Gasteiger partial charge in [-0.2, -0.15) is 0 Å². The molecule has 3 heterocycles. The second-order valence-electron chi connectivity index (χ2n) is 7.70. The van der Waals surface area contributed by atoms with Crippen LogP contribution >= 0.6 is 0 Å². The molecule has 0 spiro atoms. The van der Waals surface area contributed by atoms with E-state index in [0.717, 1.165) is 0 Å². The number of hydrogen-bond donors (Lipinski definition) is 0. The average Bonchev–Trinajstić information content (AvgIpc) is 3.60. The number of fused-ring (bicyclic) bond motifs is 2. The van der Waals surface area contributed by atoms with Gasteiger partial charge >= 0.3 is 22.7 Å². The molecule has 2 aromatic carbocycles. The lowest BCUT2D eigenvalue weighted by Gasteiger charge is -2.28. The molecule has 0 atom stereocenters. The quantitative estimate of drug-likeness (QED) is 0.185. The molecule has 2 aromatic heterocycles. The van der Waals surface area contributed by atoms with Gasteiger partial charge < -0.3 is 0 Å². The van der Waals surface area contributed by atoms with Gasteiger partial charge in [-0.25, -0.2) is 9.26 Å². The van der Waals surface area contributed by atoms with Crippen molar-refractivity contribution in [2.75, 3.05) is 9.80 Å². The van der Waals surface area contributed by atoms with Crippen LogP contribution in [-0.2, 0) is 0 Å². The van der Waals surface area contributed by atoms with Crippen LogP contribution in [0.15, 0.2) is 33.5 Å². The standard InChI is InChI=1S/C16H4N12O14/c29-23(30)5-1-7(25(33)34)11(8(2-5)26(35)36)21-13-15(19-41-17-13)22(16-14(21)18-42-20-16)12-9(27(37)38)3-6(24(31)32)4-10(12)28(39)40/h1-4H. The van der Waals surface area contributed by atoms with Crippen LogP contribution in [0.4, 0.5) is 68.8 Å². The lowest BCUT2D eigenvalue weighted by Crippen LogP contribution is -2.26. The minimum atomic E-state index is -1.24. The second-order valence-corrected chi connectivity index (χ2v) is 7.70. The third-order valence-corrected chi connectivity index (χ3v) is 5.52. The van der Waals surface area contributed by atoms with Crippen LogP contribution in [-0.4, -0.2) is 50.2 Å². The molecule has 26 nitrogen and oxygen atoms in total. The number of hydrogen-bond acceptors (Lipinski definition) is 20. The molecule has 0 aliphatic carbocycles. The average molecular weight is 588 g/mol. The molecular weight excluding hydrogens is 584 g/mol. The highest BCUT2D eigenvalue weighted by molar-refractivity contribution is 6.02. The molecule has 0 saturated heterocycles. The van der Waals surface area contributed by atoms with Gasteiger partial charge in [0.15, 0.2) is 0 Å².